The molecule has 1 unspecified atom stereocenters. The molecule has 1 atom stereocenters. The molecule has 4 aromatic carbocycles. The number of rotatable bonds is 12. The van der Waals surface area contributed by atoms with Gasteiger partial charge in [-0.25, -0.2) is 12.8 Å². The molecule has 4 rings (SSSR count). The molecule has 0 radical (unpaired) electrons. The van der Waals surface area contributed by atoms with Crippen LogP contribution in [0.5, 0.6) is 0 Å². The Morgan fingerprint density at radius 1 is 0.860 bits per heavy atom. The van der Waals surface area contributed by atoms with E-state index in [0.717, 1.165) is 9.87 Å². The lowest BCUT2D eigenvalue weighted by Gasteiger charge is -2.34. The van der Waals surface area contributed by atoms with Crippen LogP contribution in [0.3, 0.4) is 0 Å². The average Bonchev–Trinajstić information content (AvgIpc) is 3.01. The molecule has 0 fully saturated rings. The first kappa shape index (κ1) is 32.0. The number of hydrogen-bond donors (Lipinski definition) is 1. The van der Waals surface area contributed by atoms with Gasteiger partial charge in [-0.3, -0.25) is 13.9 Å². The number of amides is 2. The summed E-state index contributed by atoms with van der Waals surface area (Å²) in [7, 11) is -4.32. The van der Waals surface area contributed by atoms with Gasteiger partial charge in [0.1, 0.15) is 18.4 Å². The number of nitrogens with zero attached hydrogens (tertiary/aromatic N) is 2. The summed E-state index contributed by atoms with van der Waals surface area (Å²) in [6, 6.07) is 25.6. The molecule has 0 spiro atoms. The van der Waals surface area contributed by atoms with Crippen LogP contribution in [0, 0.1) is 5.82 Å². The summed E-state index contributed by atoms with van der Waals surface area (Å²) in [5.41, 5.74) is 1.35. The first-order chi connectivity index (χ1) is 20.6. The number of benzene rings is 4. The van der Waals surface area contributed by atoms with Crippen molar-refractivity contribution in [2.45, 2.75) is 30.8 Å². The minimum atomic E-state index is -4.32. The number of nitrogens with one attached hydrogen (secondary N) is 1. The Morgan fingerprint density at radius 3 is 2.12 bits per heavy atom. The SMILES string of the molecule is CCNC(=O)C(Cc1ccccc1)N(Cc1ccc(F)cc1)C(=O)CN(c1cc(Cl)ccc1Cl)S(=O)(=O)c1ccccc1. The van der Waals surface area contributed by atoms with Crippen LogP contribution in [0.2, 0.25) is 10.0 Å². The first-order valence-electron chi connectivity index (χ1n) is 13.5. The summed E-state index contributed by atoms with van der Waals surface area (Å²) in [5, 5.41) is 3.07. The van der Waals surface area contributed by atoms with Crippen LogP contribution in [0.25, 0.3) is 0 Å². The minimum Gasteiger partial charge on any atom is -0.355 e. The Morgan fingerprint density at radius 2 is 1.49 bits per heavy atom. The van der Waals surface area contributed by atoms with Crippen molar-refractivity contribution in [1.82, 2.24) is 10.2 Å². The van der Waals surface area contributed by atoms with E-state index in [-0.39, 0.29) is 33.6 Å². The van der Waals surface area contributed by atoms with Crippen molar-refractivity contribution < 1.29 is 22.4 Å². The van der Waals surface area contributed by atoms with Gasteiger partial charge in [0.25, 0.3) is 10.0 Å². The second-order valence-corrected chi connectivity index (χ2v) is 12.4. The highest BCUT2D eigenvalue weighted by atomic mass is 35.5. The highest BCUT2D eigenvalue weighted by Gasteiger charge is 2.35. The molecular formula is C32H30Cl2FN3O4S. The Kier molecular flexibility index (Phi) is 10.8. The molecule has 224 valence electrons. The van der Waals surface area contributed by atoms with Crippen molar-refractivity contribution in [2.75, 3.05) is 17.4 Å². The van der Waals surface area contributed by atoms with Gasteiger partial charge >= 0.3 is 0 Å². The highest BCUT2D eigenvalue weighted by Crippen LogP contribution is 2.33. The topological polar surface area (TPSA) is 86.8 Å². The molecule has 4 aromatic rings. The Balaban J connectivity index is 1.81. The van der Waals surface area contributed by atoms with Gasteiger partial charge in [-0.05, 0) is 60.5 Å². The predicted octanol–water partition coefficient (Wildman–Crippen LogP) is 6.10. The third-order valence-electron chi connectivity index (χ3n) is 6.68. The summed E-state index contributed by atoms with van der Waals surface area (Å²) in [6.45, 7) is 1.30. The van der Waals surface area contributed by atoms with Crippen LogP contribution < -0.4 is 9.62 Å². The second kappa shape index (κ2) is 14.5. The quantitative estimate of drug-likeness (QED) is 0.202. The number of anilines is 1. The van der Waals surface area contributed by atoms with E-state index in [1.165, 1.54) is 59.5 Å². The van der Waals surface area contributed by atoms with Crippen LogP contribution >= 0.6 is 23.2 Å². The van der Waals surface area contributed by atoms with Gasteiger partial charge in [-0.1, -0.05) is 83.9 Å². The normalized spacial score (nSPS) is 11.9. The maximum Gasteiger partial charge on any atom is 0.264 e. The van der Waals surface area contributed by atoms with E-state index in [0.29, 0.717) is 12.1 Å². The first-order valence-corrected chi connectivity index (χ1v) is 15.7. The summed E-state index contributed by atoms with van der Waals surface area (Å²) in [5.74, 6) is -1.55. The van der Waals surface area contributed by atoms with Gasteiger partial charge in [0.2, 0.25) is 11.8 Å². The Labute approximate surface area is 260 Å². The predicted molar refractivity (Wildman–Crippen MR) is 167 cm³/mol. The lowest BCUT2D eigenvalue weighted by molar-refractivity contribution is -0.140. The summed E-state index contributed by atoms with van der Waals surface area (Å²) in [6.07, 6.45) is 0.156. The number of carbonyl (C=O) groups excluding carboxylic acids is 2. The monoisotopic (exact) mass is 641 g/mol. The van der Waals surface area contributed by atoms with E-state index in [1.54, 1.807) is 25.1 Å². The third-order valence-corrected chi connectivity index (χ3v) is 9.00. The maximum absolute atomic E-state index is 14.3. The van der Waals surface area contributed by atoms with Crippen molar-refractivity contribution >= 4 is 50.7 Å². The fraction of sp³-hybridized carbons (Fsp3) is 0.188. The molecule has 43 heavy (non-hydrogen) atoms. The van der Waals surface area contributed by atoms with E-state index < -0.39 is 40.2 Å². The van der Waals surface area contributed by atoms with Gasteiger partial charge in [-0.15, -0.1) is 0 Å². The molecule has 0 bridgehead atoms. The number of hydrogen-bond acceptors (Lipinski definition) is 4. The average molecular weight is 643 g/mol. The largest absolute Gasteiger partial charge is 0.355 e. The van der Waals surface area contributed by atoms with Crippen LogP contribution in [0.15, 0.2) is 108 Å². The zero-order valence-corrected chi connectivity index (χ0v) is 25.6. The molecule has 0 aromatic heterocycles. The number of halogens is 3. The molecule has 0 saturated carbocycles. The van der Waals surface area contributed by atoms with E-state index in [9.17, 15) is 22.4 Å². The highest BCUT2D eigenvalue weighted by molar-refractivity contribution is 7.92. The Bertz CT molecular complexity index is 1660. The third kappa shape index (κ3) is 8.13. The van der Waals surface area contributed by atoms with Gasteiger partial charge in [0.15, 0.2) is 0 Å². The van der Waals surface area contributed by atoms with Crippen LogP contribution in [0.1, 0.15) is 18.1 Å². The smallest absolute Gasteiger partial charge is 0.264 e. The number of carbonyl (C=O) groups is 2. The van der Waals surface area contributed by atoms with E-state index in [4.69, 9.17) is 23.2 Å². The molecule has 2 amide bonds. The van der Waals surface area contributed by atoms with E-state index >= 15 is 0 Å². The fourth-order valence-corrected chi connectivity index (χ4v) is 6.42. The molecule has 0 aliphatic rings. The zero-order chi connectivity index (χ0) is 31.0. The van der Waals surface area contributed by atoms with Crippen LogP contribution in [-0.4, -0.2) is 44.3 Å². The van der Waals surface area contributed by atoms with E-state index in [2.05, 4.69) is 5.32 Å². The standard InChI is InChI=1S/C32H30Cl2FN3O4S/c1-2-36-32(40)30(19-23-9-5-3-6-10-23)37(21-24-13-16-26(35)17-14-24)31(39)22-38(29-20-25(33)15-18-28(29)34)43(41,42)27-11-7-4-8-12-27/h3-18,20,30H,2,19,21-22H2,1H3,(H,36,40). The zero-order valence-electron chi connectivity index (χ0n) is 23.3. The van der Waals surface area contributed by atoms with Crippen molar-refractivity contribution in [3.8, 4) is 0 Å². The van der Waals surface area contributed by atoms with Crippen molar-refractivity contribution in [1.29, 1.82) is 0 Å². The van der Waals surface area contributed by atoms with Gasteiger partial charge in [0.05, 0.1) is 15.6 Å². The minimum absolute atomic E-state index is 0.00530. The summed E-state index contributed by atoms with van der Waals surface area (Å²) < 4.78 is 42.6. The summed E-state index contributed by atoms with van der Waals surface area (Å²) in [4.78, 5) is 29.0. The van der Waals surface area contributed by atoms with Crippen LogP contribution in [0.4, 0.5) is 10.1 Å². The maximum atomic E-state index is 14.3. The molecule has 0 saturated heterocycles. The molecule has 0 aliphatic carbocycles. The van der Waals surface area contributed by atoms with Gasteiger partial charge < -0.3 is 10.2 Å². The molecular weight excluding hydrogens is 612 g/mol. The number of sulfonamides is 1. The molecule has 0 heterocycles. The van der Waals surface area contributed by atoms with Crippen molar-refractivity contribution in [3.63, 3.8) is 0 Å². The molecule has 0 aliphatic heterocycles. The second-order valence-electron chi connectivity index (χ2n) is 9.67. The van der Waals surface area contributed by atoms with E-state index in [1.807, 2.05) is 30.3 Å². The molecule has 7 nitrogen and oxygen atoms in total. The fourth-order valence-electron chi connectivity index (χ4n) is 4.54. The van der Waals surface area contributed by atoms with Gasteiger partial charge in [-0.2, -0.15) is 0 Å². The lowest BCUT2D eigenvalue weighted by Crippen LogP contribution is -2.53. The van der Waals surface area contributed by atoms with Crippen molar-refractivity contribution in [2.24, 2.45) is 0 Å². The lowest BCUT2D eigenvalue weighted by atomic mass is 10.0. The Hall–Kier alpha value is -3.92. The molecule has 11 heteroatoms. The number of likely N-dealkylation sites (N-methyl/N-ethyl adjacent to an activating group) is 1. The van der Waals surface area contributed by atoms with Crippen molar-refractivity contribution in [3.05, 3.63) is 130 Å². The summed E-state index contributed by atoms with van der Waals surface area (Å²) >= 11 is 12.7. The molecule has 1 N–H and O–H groups in total. The van der Waals surface area contributed by atoms with Gasteiger partial charge in [0, 0.05) is 24.5 Å². The van der Waals surface area contributed by atoms with Crippen LogP contribution in [-0.2, 0) is 32.6 Å².